The maximum Gasteiger partial charge on any atom is 0.410 e. The van der Waals surface area contributed by atoms with Crippen molar-refractivity contribution in [2.45, 2.75) is 65.0 Å². The zero-order valence-corrected chi connectivity index (χ0v) is 17.0. The van der Waals surface area contributed by atoms with Gasteiger partial charge in [-0.3, -0.25) is 9.48 Å². The molecule has 2 amide bonds. The number of aromatic nitrogens is 2. The van der Waals surface area contributed by atoms with Gasteiger partial charge in [0.1, 0.15) is 11.6 Å². The Morgan fingerprint density at radius 2 is 1.96 bits per heavy atom. The standard InChI is InChI=1S/C20H32N4O3/c1-5-17(6-2)13-23-14-20(27-19(23)26)7-9-22(10-8-20)18(25)16(4)24-12-15(3)11-21-24/h11-12,16-17H,5-10,13-14H2,1-4H3. The van der Waals surface area contributed by atoms with E-state index in [2.05, 4.69) is 18.9 Å². The van der Waals surface area contributed by atoms with Crippen LogP contribution in [0.25, 0.3) is 0 Å². The summed E-state index contributed by atoms with van der Waals surface area (Å²) in [5, 5.41) is 4.26. The summed E-state index contributed by atoms with van der Waals surface area (Å²) in [5.41, 5.74) is 0.619. The molecule has 0 radical (unpaired) electrons. The van der Waals surface area contributed by atoms with Gasteiger partial charge in [0, 0.05) is 38.7 Å². The third-order valence-corrected chi connectivity index (χ3v) is 6.15. The predicted molar refractivity (Wildman–Crippen MR) is 102 cm³/mol. The lowest BCUT2D eigenvalue weighted by Crippen LogP contribution is -2.50. The summed E-state index contributed by atoms with van der Waals surface area (Å²) in [7, 11) is 0. The fourth-order valence-corrected chi connectivity index (χ4v) is 4.11. The normalized spacial score (nSPS) is 20.4. The molecule has 1 spiro atoms. The maximum atomic E-state index is 12.8. The number of piperidine rings is 1. The third-order valence-electron chi connectivity index (χ3n) is 6.15. The van der Waals surface area contributed by atoms with E-state index >= 15 is 0 Å². The highest BCUT2D eigenvalue weighted by molar-refractivity contribution is 5.80. The van der Waals surface area contributed by atoms with Gasteiger partial charge in [0.2, 0.25) is 5.91 Å². The highest BCUT2D eigenvalue weighted by Gasteiger charge is 2.47. The van der Waals surface area contributed by atoms with Gasteiger partial charge < -0.3 is 14.5 Å². The van der Waals surface area contributed by atoms with Gasteiger partial charge in [-0.15, -0.1) is 0 Å². The minimum Gasteiger partial charge on any atom is -0.441 e. The summed E-state index contributed by atoms with van der Waals surface area (Å²) in [6, 6.07) is -0.315. The third kappa shape index (κ3) is 4.12. The van der Waals surface area contributed by atoms with Gasteiger partial charge in [-0.25, -0.2) is 4.79 Å². The second-order valence-corrected chi connectivity index (χ2v) is 8.11. The first kappa shape index (κ1) is 19.7. The Labute approximate surface area is 161 Å². The number of likely N-dealkylation sites (tertiary alicyclic amines) is 1. The van der Waals surface area contributed by atoms with Crippen LogP contribution in [0.5, 0.6) is 0 Å². The van der Waals surface area contributed by atoms with Crippen molar-refractivity contribution in [2.75, 3.05) is 26.2 Å². The molecule has 7 nitrogen and oxygen atoms in total. The van der Waals surface area contributed by atoms with Crippen LogP contribution in [0.1, 0.15) is 58.1 Å². The minimum absolute atomic E-state index is 0.0751. The molecule has 1 aromatic heterocycles. The van der Waals surface area contributed by atoms with Gasteiger partial charge in [0.25, 0.3) is 0 Å². The number of hydrogen-bond acceptors (Lipinski definition) is 4. The molecule has 1 unspecified atom stereocenters. The van der Waals surface area contributed by atoms with E-state index in [0.29, 0.717) is 38.4 Å². The highest BCUT2D eigenvalue weighted by atomic mass is 16.6. The highest BCUT2D eigenvalue weighted by Crippen LogP contribution is 2.34. The second-order valence-electron chi connectivity index (χ2n) is 8.11. The van der Waals surface area contributed by atoms with E-state index in [4.69, 9.17) is 4.74 Å². The van der Waals surface area contributed by atoms with Crippen LogP contribution in [0.3, 0.4) is 0 Å². The van der Waals surface area contributed by atoms with Gasteiger partial charge in [-0.2, -0.15) is 5.10 Å². The van der Waals surface area contributed by atoms with Crippen molar-refractivity contribution in [3.8, 4) is 0 Å². The molecule has 2 fully saturated rings. The van der Waals surface area contributed by atoms with Gasteiger partial charge in [0.05, 0.1) is 12.7 Å². The molecule has 0 aromatic carbocycles. The Bertz CT molecular complexity index is 675. The number of rotatable bonds is 6. The molecular weight excluding hydrogens is 344 g/mol. The summed E-state index contributed by atoms with van der Waals surface area (Å²) >= 11 is 0. The number of ether oxygens (including phenoxy) is 1. The number of amides is 2. The zero-order valence-electron chi connectivity index (χ0n) is 17.0. The van der Waals surface area contributed by atoms with Crippen molar-refractivity contribution in [3.63, 3.8) is 0 Å². The van der Waals surface area contributed by atoms with Crippen LogP contribution in [-0.2, 0) is 9.53 Å². The van der Waals surface area contributed by atoms with Crippen molar-refractivity contribution < 1.29 is 14.3 Å². The first-order chi connectivity index (χ1) is 12.9. The molecule has 0 bridgehead atoms. The smallest absolute Gasteiger partial charge is 0.410 e. The average Bonchev–Trinajstić information content (AvgIpc) is 3.22. The molecular formula is C20H32N4O3. The summed E-state index contributed by atoms with van der Waals surface area (Å²) < 4.78 is 7.52. The van der Waals surface area contributed by atoms with Crippen molar-refractivity contribution in [2.24, 2.45) is 5.92 Å². The number of hydrogen-bond donors (Lipinski definition) is 0. The van der Waals surface area contributed by atoms with E-state index in [9.17, 15) is 9.59 Å². The number of aryl methyl sites for hydroxylation is 1. The fourth-order valence-electron chi connectivity index (χ4n) is 4.11. The first-order valence-corrected chi connectivity index (χ1v) is 10.1. The minimum atomic E-state index is -0.425. The lowest BCUT2D eigenvalue weighted by atomic mass is 9.90. The Morgan fingerprint density at radius 3 is 2.52 bits per heavy atom. The van der Waals surface area contributed by atoms with Crippen LogP contribution in [0.2, 0.25) is 0 Å². The van der Waals surface area contributed by atoms with Crippen LogP contribution in [0, 0.1) is 12.8 Å². The molecule has 1 aromatic rings. The predicted octanol–water partition coefficient (Wildman–Crippen LogP) is 3.00. The molecule has 150 valence electrons. The van der Waals surface area contributed by atoms with Crippen LogP contribution in [0.4, 0.5) is 4.79 Å². The lowest BCUT2D eigenvalue weighted by molar-refractivity contribution is -0.138. The quantitative estimate of drug-likeness (QED) is 0.765. The number of nitrogens with zero attached hydrogens (tertiary/aromatic N) is 4. The molecule has 1 atom stereocenters. The monoisotopic (exact) mass is 376 g/mol. The van der Waals surface area contributed by atoms with E-state index < -0.39 is 5.60 Å². The summed E-state index contributed by atoms with van der Waals surface area (Å²) in [4.78, 5) is 28.9. The lowest BCUT2D eigenvalue weighted by Gasteiger charge is -2.38. The average molecular weight is 377 g/mol. The van der Waals surface area contributed by atoms with Crippen molar-refractivity contribution >= 4 is 12.0 Å². The Morgan fingerprint density at radius 1 is 1.30 bits per heavy atom. The van der Waals surface area contributed by atoms with E-state index in [0.717, 1.165) is 24.9 Å². The molecule has 2 aliphatic heterocycles. The number of carbonyl (C=O) groups is 2. The SMILES string of the molecule is CCC(CC)CN1CC2(CCN(C(=O)C(C)n3cc(C)cn3)CC2)OC1=O. The van der Waals surface area contributed by atoms with Crippen molar-refractivity contribution in [1.82, 2.24) is 19.6 Å². The maximum absolute atomic E-state index is 12.8. The molecule has 0 saturated carbocycles. The Balaban J connectivity index is 1.57. The Hall–Kier alpha value is -2.05. The van der Waals surface area contributed by atoms with Crippen LogP contribution in [0.15, 0.2) is 12.4 Å². The molecule has 3 rings (SSSR count). The van der Waals surface area contributed by atoms with Crippen molar-refractivity contribution in [1.29, 1.82) is 0 Å². The van der Waals surface area contributed by atoms with Gasteiger partial charge in [-0.05, 0) is 25.3 Å². The van der Waals surface area contributed by atoms with E-state index in [1.807, 2.05) is 29.8 Å². The van der Waals surface area contributed by atoms with E-state index in [1.165, 1.54) is 0 Å². The molecule has 0 N–H and O–H groups in total. The van der Waals surface area contributed by atoms with Crippen molar-refractivity contribution in [3.05, 3.63) is 18.0 Å². The molecule has 2 saturated heterocycles. The number of carbonyl (C=O) groups excluding carboxylic acids is 2. The van der Waals surface area contributed by atoms with Gasteiger partial charge in [0.15, 0.2) is 0 Å². The summed E-state index contributed by atoms with van der Waals surface area (Å²) in [6.07, 6.45) is 7.01. The van der Waals surface area contributed by atoms with Gasteiger partial charge >= 0.3 is 6.09 Å². The van der Waals surface area contributed by atoms with Crippen LogP contribution in [-0.4, -0.2) is 63.4 Å². The first-order valence-electron chi connectivity index (χ1n) is 10.1. The molecule has 2 aliphatic rings. The summed E-state index contributed by atoms with van der Waals surface area (Å²) in [6.45, 7) is 10.8. The second kappa shape index (κ2) is 7.90. The largest absolute Gasteiger partial charge is 0.441 e. The Kier molecular flexibility index (Phi) is 5.77. The summed E-state index contributed by atoms with van der Waals surface area (Å²) in [5.74, 6) is 0.596. The molecule has 7 heteroatoms. The topological polar surface area (TPSA) is 67.7 Å². The van der Waals surface area contributed by atoms with Gasteiger partial charge in [-0.1, -0.05) is 26.7 Å². The van der Waals surface area contributed by atoms with Crippen LogP contribution < -0.4 is 0 Å². The fraction of sp³-hybridized carbons (Fsp3) is 0.750. The van der Waals surface area contributed by atoms with Crippen LogP contribution >= 0.6 is 0 Å². The molecule has 0 aliphatic carbocycles. The molecule has 3 heterocycles. The van der Waals surface area contributed by atoms with E-state index in [1.54, 1.807) is 10.9 Å². The zero-order chi connectivity index (χ0) is 19.6. The van der Waals surface area contributed by atoms with E-state index in [-0.39, 0.29) is 18.0 Å². The molecule has 27 heavy (non-hydrogen) atoms.